The molecule has 0 bridgehead atoms. The molecule has 0 amide bonds. The van der Waals surface area contributed by atoms with Gasteiger partial charge in [0.05, 0.1) is 12.6 Å². The SMILES string of the molecule is CC(C)[Si](OC[C@H](C)n1ccnc1Br)(C(C)C)C(C)C. The second-order valence-corrected chi connectivity index (χ2v) is 12.8. The van der Waals surface area contributed by atoms with Gasteiger partial charge < -0.3 is 8.99 Å². The molecule has 0 radical (unpaired) electrons. The molecule has 1 aromatic heterocycles. The topological polar surface area (TPSA) is 27.1 Å². The number of rotatable bonds is 7. The van der Waals surface area contributed by atoms with E-state index in [1.54, 1.807) is 0 Å². The van der Waals surface area contributed by atoms with Gasteiger partial charge in [-0.15, -0.1) is 0 Å². The largest absolute Gasteiger partial charge is 0.414 e. The average Bonchev–Trinajstić information content (AvgIpc) is 2.74. The highest BCUT2D eigenvalue weighted by Crippen LogP contribution is 2.42. The van der Waals surface area contributed by atoms with Gasteiger partial charge >= 0.3 is 0 Å². The molecule has 5 heteroatoms. The summed E-state index contributed by atoms with van der Waals surface area (Å²) >= 11 is 3.48. The zero-order valence-electron chi connectivity index (χ0n) is 13.9. The summed E-state index contributed by atoms with van der Waals surface area (Å²) in [5.74, 6) is 0. The van der Waals surface area contributed by atoms with E-state index in [0.29, 0.717) is 22.7 Å². The summed E-state index contributed by atoms with van der Waals surface area (Å²) in [6.45, 7) is 16.9. The van der Waals surface area contributed by atoms with Crippen LogP contribution in [0.5, 0.6) is 0 Å². The summed E-state index contributed by atoms with van der Waals surface area (Å²) in [6.07, 6.45) is 3.82. The molecule has 0 spiro atoms. The molecule has 3 nitrogen and oxygen atoms in total. The quantitative estimate of drug-likeness (QED) is 0.608. The molecule has 0 unspecified atom stereocenters. The first-order chi connectivity index (χ1) is 9.23. The fraction of sp³-hybridized carbons (Fsp3) is 0.800. The maximum absolute atomic E-state index is 6.62. The standard InChI is InChI=1S/C15H29BrN2OSi/c1-11(2)20(12(3)4,13(5)6)19-10-14(7)18-9-8-17-15(18)16/h8-9,11-14H,10H2,1-7H3/t14-/m0/s1. The van der Waals surface area contributed by atoms with Gasteiger partial charge in [-0.25, -0.2) is 4.98 Å². The molecular weight excluding hydrogens is 332 g/mol. The van der Waals surface area contributed by atoms with Gasteiger partial charge in [0.1, 0.15) is 0 Å². The Morgan fingerprint density at radius 2 is 1.60 bits per heavy atom. The molecule has 0 aliphatic carbocycles. The van der Waals surface area contributed by atoms with Crippen LogP contribution in [0.4, 0.5) is 0 Å². The van der Waals surface area contributed by atoms with Crippen molar-refractivity contribution in [1.82, 2.24) is 9.55 Å². The predicted molar refractivity (Wildman–Crippen MR) is 91.6 cm³/mol. The molecule has 1 rings (SSSR count). The normalized spacial score (nSPS) is 14.6. The van der Waals surface area contributed by atoms with Crippen molar-refractivity contribution in [2.45, 2.75) is 71.1 Å². The van der Waals surface area contributed by atoms with E-state index in [-0.39, 0.29) is 0 Å². The molecule has 20 heavy (non-hydrogen) atoms. The van der Waals surface area contributed by atoms with E-state index in [1.165, 1.54) is 0 Å². The summed E-state index contributed by atoms with van der Waals surface area (Å²) in [5, 5.41) is 0. The summed E-state index contributed by atoms with van der Waals surface area (Å²) in [7, 11) is -1.77. The number of hydrogen-bond donors (Lipinski definition) is 0. The summed E-state index contributed by atoms with van der Waals surface area (Å²) in [5.41, 5.74) is 1.88. The van der Waals surface area contributed by atoms with Crippen molar-refractivity contribution < 1.29 is 4.43 Å². The molecule has 0 aliphatic heterocycles. The monoisotopic (exact) mass is 360 g/mol. The van der Waals surface area contributed by atoms with Gasteiger partial charge in [0.2, 0.25) is 0 Å². The van der Waals surface area contributed by atoms with Crippen LogP contribution in [0.2, 0.25) is 16.6 Å². The number of aromatic nitrogens is 2. The van der Waals surface area contributed by atoms with Crippen molar-refractivity contribution in [3.05, 3.63) is 17.1 Å². The minimum absolute atomic E-state index is 0.301. The Labute approximate surface area is 133 Å². The molecule has 0 aliphatic rings. The zero-order chi connectivity index (χ0) is 15.5. The number of nitrogens with zero attached hydrogens (tertiary/aromatic N) is 2. The van der Waals surface area contributed by atoms with Crippen LogP contribution in [-0.4, -0.2) is 24.5 Å². The van der Waals surface area contributed by atoms with Gasteiger partial charge in [0.25, 0.3) is 0 Å². The molecular formula is C15H29BrN2OSi. The third kappa shape index (κ3) is 3.54. The van der Waals surface area contributed by atoms with Crippen LogP contribution in [0.1, 0.15) is 54.5 Å². The minimum atomic E-state index is -1.77. The van der Waals surface area contributed by atoms with Crippen molar-refractivity contribution in [3.63, 3.8) is 0 Å². The van der Waals surface area contributed by atoms with Crippen LogP contribution in [0.15, 0.2) is 17.1 Å². The Morgan fingerprint density at radius 1 is 1.10 bits per heavy atom. The van der Waals surface area contributed by atoms with E-state index in [9.17, 15) is 0 Å². The van der Waals surface area contributed by atoms with E-state index in [1.807, 2.05) is 12.4 Å². The van der Waals surface area contributed by atoms with Gasteiger partial charge in [-0.3, -0.25) is 0 Å². The first kappa shape index (κ1) is 17.9. The molecule has 116 valence electrons. The second-order valence-electron chi connectivity index (χ2n) is 6.58. The van der Waals surface area contributed by atoms with Gasteiger partial charge in [-0.2, -0.15) is 0 Å². The number of halogens is 1. The van der Waals surface area contributed by atoms with Crippen LogP contribution < -0.4 is 0 Å². The van der Waals surface area contributed by atoms with Crippen LogP contribution in [0.3, 0.4) is 0 Å². The van der Waals surface area contributed by atoms with Crippen LogP contribution >= 0.6 is 15.9 Å². The van der Waals surface area contributed by atoms with Gasteiger partial charge in [0, 0.05) is 12.4 Å². The van der Waals surface area contributed by atoms with Crippen LogP contribution in [0.25, 0.3) is 0 Å². The lowest BCUT2D eigenvalue weighted by molar-refractivity contribution is 0.229. The lowest BCUT2D eigenvalue weighted by Gasteiger charge is -2.42. The fourth-order valence-electron chi connectivity index (χ4n) is 3.47. The highest BCUT2D eigenvalue weighted by Gasteiger charge is 2.45. The Kier molecular flexibility index (Phi) is 6.47. The summed E-state index contributed by atoms with van der Waals surface area (Å²) in [4.78, 5) is 4.22. The zero-order valence-corrected chi connectivity index (χ0v) is 16.4. The van der Waals surface area contributed by atoms with Crippen LogP contribution in [0, 0.1) is 0 Å². The molecule has 1 heterocycles. The smallest absolute Gasteiger partial charge is 0.200 e. The van der Waals surface area contributed by atoms with Crippen molar-refractivity contribution in [2.75, 3.05) is 6.61 Å². The summed E-state index contributed by atoms with van der Waals surface area (Å²) < 4.78 is 9.62. The van der Waals surface area contributed by atoms with Crippen LogP contribution in [-0.2, 0) is 4.43 Å². The third-order valence-corrected chi connectivity index (χ3v) is 11.1. The van der Waals surface area contributed by atoms with Gasteiger partial charge in [0.15, 0.2) is 13.1 Å². The Morgan fingerprint density at radius 3 is 1.95 bits per heavy atom. The lowest BCUT2D eigenvalue weighted by atomic mass is 10.4. The molecule has 0 fully saturated rings. The molecule has 1 aromatic rings. The Balaban J connectivity index is 2.85. The Bertz CT molecular complexity index is 396. The molecule has 1 atom stereocenters. The lowest BCUT2D eigenvalue weighted by Crippen LogP contribution is -2.48. The van der Waals surface area contributed by atoms with E-state index in [0.717, 1.165) is 11.3 Å². The summed E-state index contributed by atoms with van der Waals surface area (Å²) in [6, 6.07) is 0.301. The van der Waals surface area contributed by atoms with E-state index >= 15 is 0 Å². The van der Waals surface area contributed by atoms with Gasteiger partial charge in [-0.05, 0) is 39.5 Å². The maximum Gasteiger partial charge on any atom is 0.200 e. The van der Waals surface area contributed by atoms with Gasteiger partial charge in [-0.1, -0.05) is 41.5 Å². The average molecular weight is 361 g/mol. The molecule has 0 N–H and O–H groups in total. The van der Waals surface area contributed by atoms with E-state index in [2.05, 4.69) is 73.9 Å². The molecule has 0 aromatic carbocycles. The minimum Gasteiger partial charge on any atom is -0.414 e. The second kappa shape index (κ2) is 7.23. The van der Waals surface area contributed by atoms with Crippen molar-refractivity contribution in [1.29, 1.82) is 0 Å². The van der Waals surface area contributed by atoms with Crippen molar-refractivity contribution in [2.24, 2.45) is 0 Å². The predicted octanol–water partition coefficient (Wildman–Crippen LogP) is 5.40. The highest BCUT2D eigenvalue weighted by molar-refractivity contribution is 9.10. The van der Waals surface area contributed by atoms with E-state index < -0.39 is 8.32 Å². The highest BCUT2D eigenvalue weighted by atomic mass is 79.9. The fourth-order valence-corrected chi connectivity index (χ4v) is 9.58. The molecule has 0 saturated carbocycles. The number of hydrogen-bond acceptors (Lipinski definition) is 2. The first-order valence-electron chi connectivity index (χ1n) is 7.55. The Hall–Kier alpha value is -0.133. The van der Waals surface area contributed by atoms with E-state index in [4.69, 9.17) is 4.43 Å². The first-order valence-corrected chi connectivity index (χ1v) is 10.5. The number of imidazole rings is 1. The van der Waals surface area contributed by atoms with Crippen molar-refractivity contribution >= 4 is 24.2 Å². The van der Waals surface area contributed by atoms with Crippen molar-refractivity contribution in [3.8, 4) is 0 Å². The maximum atomic E-state index is 6.62. The third-order valence-electron chi connectivity index (χ3n) is 4.38. The molecule has 0 saturated heterocycles.